The predicted octanol–water partition coefficient (Wildman–Crippen LogP) is 5.61. The molecular formula is C20H17Cl2N3O3S2. The van der Waals surface area contributed by atoms with Gasteiger partial charge in [-0.25, -0.2) is 8.42 Å². The van der Waals surface area contributed by atoms with Crippen LogP contribution in [0.15, 0.2) is 71.6 Å². The number of hydrogen-bond acceptors (Lipinski definition) is 4. The summed E-state index contributed by atoms with van der Waals surface area (Å²) in [5.41, 5.74) is 1.51. The average Bonchev–Trinajstić information content (AvgIpc) is 2.71. The second-order valence-electron chi connectivity index (χ2n) is 6.03. The first kappa shape index (κ1) is 22.2. The van der Waals surface area contributed by atoms with E-state index < -0.39 is 10.0 Å². The van der Waals surface area contributed by atoms with Crippen LogP contribution in [0.5, 0.6) is 5.75 Å². The third-order valence-electron chi connectivity index (χ3n) is 3.95. The molecule has 30 heavy (non-hydrogen) atoms. The van der Waals surface area contributed by atoms with Gasteiger partial charge in [-0.3, -0.25) is 4.72 Å². The molecule has 0 saturated carbocycles. The van der Waals surface area contributed by atoms with Gasteiger partial charge in [0, 0.05) is 10.7 Å². The van der Waals surface area contributed by atoms with E-state index in [0.717, 1.165) is 0 Å². The second-order valence-corrected chi connectivity index (χ2v) is 8.97. The molecule has 3 aromatic carbocycles. The number of anilines is 3. The summed E-state index contributed by atoms with van der Waals surface area (Å²) < 4.78 is 33.0. The minimum absolute atomic E-state index is 0.0933. The Morgan fingerprint density at radius 2 is 1.63 bits per heavy atom. The molecule has 10 heteroatoms. The van der Waals surface area contributed by atoms with Crippen LogP contribution in [-0.2, 0) is 10.0 Å². The molecule has 3 rings (SSSR count). The van der Waals surface area contributed by atoms with Gasteiger partial charge in [-0.05, 0) is 66.8 Å². The lowest BCUT2D eigenvalue weighted by molar-refractivity contribution is 0.417. The van der Waals surface area contributed by atoms with Gasteiger partial charge in [0.1, 0.15) is 5.75 Å². The fourth-order valence-electron chi connectivity index (χ4n) is 2.53. The summed E-state index contributed by atoms with van der Waals surface area (Å²) in [6.07, 6.45) is 0. The van der Waals surface area contributed by atoms with Crippen LogP contribution in [0.25, 0.3) is 0 Å². The molecule has 0 amide bonds. The Morgan fingerprint density at radius 3 is 2.33 bits per heavy atom. The third kappa shape index (κ3) is 5.54. The molecule has 3 N–H and O–H groups in total. The van der Waals surface area contributed by atoms with E-state index >= 15 is 0 Å². The molecule has 0 atom stereocenters. The van der Waals surface area contributed by atoms with Crippen molar-refractivity contribution in [1.29, 1.82) is 0 Å². The van der Waals surface area contributed by atoms with Crippen LogP contribution in [0.1, 0.15) is 0 Å². The first-order chi connectivity index (χ1) is 14.3. The first-order valence-corrected chi connectivity index (χ1v) is 11.2. The topological polar surface area (TPSA) is 79.5 Å². The molecular weight excluding hydrogens is 465 g/mol. The Hall–Kier alpha value is -2.52. The molecule has 156 valence electrons. The number of rotatable bonds is 6. The molecule has 0 unspecified atom stereocenters. The molecule has 0 saturated heterocycles. The Kier molecular flexibility index (Phi) is 7.04. The molecule has 6 nitrogen and oxygen atoms in total. The summed E-state index contributed by atoms with van der Waals surface area (Å²) in [7, 11) is -2.32. The SMILES string of the molecule is COc1ccccc1NS(=O)(=O)c1ccc(NC(=S)Nc2cc(Cl)ccc2Cl)cc1. The molecule has 0 aliphatic heterocycles. The van der Waals surface area contributed by atoms with Crippen molar-refractivity contribution in [1.82, 2.24) is 0 Å². The number of nitrogens with one attached hydrogen (secondary N) is 3. The lowest BCUT2D eigenvalue weighted by Crippen LogP contribution is -2.19. The summed E-state index contributed by atoms with van der Waals surface area (Å²) in [4.78, 5) is 0.0933. The van der Waals surface area contributed by atoms with Crippen LogP contribution in [0.3, 0.4) is 0 Å². The summed E-state index contributed by atoms with van der Waals surface area (Å²) in [5, 5.41) is 7.18. The number of ether oxygens (including phenoxy) is 1. The molecule has 0 spiro atoms. The Bertz CT molecular complexity index is 1170. The molecule has 0 aromatic heterocycles. The highest BCUT2D eigenvalue weighted by Crippen LogP contribution is 2.27. The summed E-state index contributed by atoms with van der Waals surface area (Å²) in [5.74, 6) is 0.426. The highest BCUT2D eigenvalue weighted by Gasteiger charge is 2.16. The third-order valence-corrected chi connectivity index (χ3v) is 6.10. The normalized spacial score (nSPS) is 10.9. The lowest BCUT2D eigenvalue weighted by Gasteiger charge is -2.13. The summed E-state index contributed by atoms with van der Waals surface area (Å²) in [6, 6.07) is 17.9. The highest BCUT2D eigenvalue weighted by molar-refractivity contribution is 7.92. The average molecular weight is 482 g/mol. The van der Waals surface area contributed by atoms with E-state index in [-0.39, 0.29) is 10.0 Å². The number of benzene rings is 3. The second kappa shape index (κ2) is 9.53. The van der Waals surface area contributed by atoms with Crippen molar-refractivity contribution in [2.24, 2.45) is 0 Å². The standard InChI is InChI=1S/C20H17Cl2N3O3S2/c1-28-19-5-3-2-4-17(19)25-30(26,27)15-9-7-14(8-10-15)23-20(29)24-18-12-13(21)6-11-16(18)22/h2-12,25H,1H3,(H2,23,24,29). The van der Waals surface area contributed by atoms with Crippen molar-refractivity contribution in [2.75, 3.05) is 22.5 Å². The molecule has 0 fully saturated rings. The number of thiocarbonyl (C=S) groups is 1. The van der Waals surface area contributed by atoms with Crippen molar-refractivity contribution in [3.8, 4) is 5.75 Å². The van der Waals surface area contributed by atoms with Gasteiger partial charge in [-0.15, -0.1) is 0 Å². The van der Waals surface area contributed by atoms with Gasteiger partial charge in [0.2, 0.25) is 0 Å². The van der Waals surface area contributed by atoms with E-state index in [0.29, 0.717) is 32.9 Å². The first-order valence-electron chi connectivity index (χ1n) is 8.57. The van der Waals surface area contributed by atoms with Crippen LogP contribution in [-0.4, -0.2) is 20.6 Å². The van der Waals surface area contributed by atoms with E-state index in [1.165, 1.54) is 19.2 Å². The van der Waals surface area contributed by atoms with Crippen molar-refractivity contribution >= 4 is 67.6 Å². The quantitative estimate of drug-likeness (QED) is 0.397. The van der Waals surface area contributed by atoms with E-state index in [2.05, 4.69) is 15.4 Å². The van der Waals surface area contributed by atoms with Gasteiger partial charge in [0.15, 0.2) is 5.11 Å². The minimum Gasteiger partial charge on any atom is -0.495 e. The van der Waals surface area contributed by atoms with Crippen LogP contribution in [0.4, 0.5) is 17.1 Å². The molecule has 0 radical (unpaired) electrons. The maximum Gasteiger partial charge on any atom is 0.262 e. The highest BCUT2D eigenvalue weighted by atomic mass is 35.5. The number of halogens is 2. The van der Waals surface area contributed by atoms with Crippen LogP contribution in [0.2, 0.25) is 10.0 Å². The lowest BCUT2D eigenvalue weighted by atomic mass is 10.3. The van der Waals surface area contributed by atoms with Gasteiger partial charge >= 0.3 is 0 Å². The van der Waals surface area contributed by atoms with Crippen molar-refractivity contribution in [3.05, 3.63) is 76.8 Å². The largest absolute Gasteiger partial charge is 0.495 e. The molecule has 3 aromatic rings. The number of sulfonamides is 1. The van der Waals surface area contributed by atoms with E-state index in [1.807, 2.05) is 0 Å². The number of methoxy groups -OCH3 is 1. The molecule has 0 aliphatic rings. The smallest absolute Gasteiger partial charge is 0.262 e. The van der Waals surface area contributed by atoms with Gasteiger partial charge in [-0.2, -0.15) is 0 Å². The van der Waals surface area contributed by atoms with E-state index in [1.54, 1.807) is 54.6 Å². The molecule has 0 bridgehead atoms. The van der Waals surface area contributed by atoms with Gasteiger partial charge < -0.3 is 15.4 Å². The van der Waals surface area contributed by atoms with Crippen molar-refractivity contribution in [2.45, 2.75) is 4.90 Å². The van der Waals surface area contributed by atoms with Gasteiger partial charge in [0.25, 0.3) is 10.0 Å². The molecule has 0 heterocycles. The number of hydrogen-bond donors (Lipinski definition) is 3. The maximum absolute atomic E-state index is 12.7. The van der Waals surface area contributed by atoms with Crippen LogP contribution in [0, 0.1) is 0 Å². The van der Waals surface area contributed by atoms with E-state index in [4.69, 9.17) is 40.2 Å². The fourth-order valence-corrected chi connectivity index (χ4v) is 4.16. The minimum atomic E-state index is -3.79. The van der Waals surface area contributed by atoms with Crippen LogP contribution < -0.4 is 20.1 Å². The Labute approximate surface area is 190 Å². The van der Waals surface area contributed by atoms with Gasteiger partial charge in [-0.1, -0.05) is 35.3 Å². The summed E-state index contributed by atoms with van der Waals surface area (Å²) >= 11 is 17.3. The summed E-state index contributed by atoms with van der Waals surface area (Å²) in [6.45, 7) is 0. The zero-order chi connectivity index (χ0) is 21.7. The molecule has 0 aliphatic carbocycles. The van der Waals surface area contributed by atoms with Crippen LogP contribution >= 0.6 is 35.4 Å². The van der Waals surface area contributed by atoms with E-state index in [9.17, 15) is 8.42 Å². The predicted molar refractivity (Wildman–Crippen MR) is 127 cm³/mol. The Balaban J connectivity index is 1.69. The Morgan fingerprint density at radius 1 is 0.933 bits per heavy atom. The zero-order valence-electron chi connectivity index (χ0n) is 15.6. The fraction of sp³-hybridized carbons (Fsp3) is 0.0500. The number of para-hydroxylation sites is 2. The van der Waals surface area contributed by atoms with Crippen molar-refractivity contribution < 1.29 is 13.2 Å². The maximum atomic E-state index is 12.7. The zero-order valence-corrected chi connectivity index (χ0v) is 18.8. The van der Waals surface area contributed by atoms with Crippen molar-refractivity contribution in [3.63, 3.8) is 0 Å². The monoisotopic (exact) mass is 481 g/mol. The van der Waals surface area contributed by atoms with Gasteiger partial charge in [0.05, 0.1) is 28.4 Å².